The van der Waals surface area contributed by atoms with Crippen LogP contribution < -0.4 is 5.73 Å². The first-order chi connectivity index (χ1) is 7.81. The lowest BCUT2D eigenvalue weighted by Crippen LogP contribution is -2.18. The van der Waals surface area contributed by atoms with Gasteiger partial charge < -0.3 is 10.5 Å². The van der Waals surface area contributed by atoms with Crippen molar-refractivity contribution in [3.05, 3.63) is 23.7 Å². The quantitative estimate of drug-likeness (QED) is 0.801. The molecule has 0 spiro atoms. The van der Waals surface area contributed by atoms with E-state index in [0.717, 1.165) is 13.2 Å². The lowest BCUT2D eigenvalue weighted by atomic mass is 10.2. The molecule has 8 heteroatoms. The molecular weight excluding hydrogens is 239 g/mol. The zero-order valence-electron chi connectivity index (χ0n) is 8.71. The fraction of sp³-hybridized carbons (Fsp3) is 0.222. The molecule has 17 heavy (non-hydrogen) atoms. The van der Waals surface area contributed by atoms with Crippen molar-refractivity contribution in [1.82, 2.24) is 9.97 Å². The highest BCUT2D eigenvalue weighted by Gasteiger charge is 2.36. The zero-order valence-corrected chi connectivity index (χ0v) is 8.71. The average molecular weight is 247 g/mol. The molecule has 2 N–H and O–H groups in total. The lowest BCUT2D eigenvalue weighted by Gasteiger charge is -2.10. The van der Waals surface area contributed by atoms with Gasteiger partial charge in [0, 0.05) is 5.56 Å². The summed E-state index contributed by atoms with van der Waals surface area (Å²) in [5, 5.41) is 0. The van der Waals surface area contributed by atoms with Crippen LogP contribution in [0.15, 0.2) is 6.58 Å². The molecule has 92 valence electrons. The minimum atomic E-state index is -4.80. The van der Waals surface area contributed by atoms with Gasteiger partial charge in [0.2, 0.25) is 5.82 Å². The highest BCUT2D eigenvalue weighted by Crippen LogP contribution is 2.28. The number of halogens is 3. The van der Waals surface area contributed by atoms with Crippen molar-refractivity contribution in [2.45, 2.75) is 6.18 Å². The second-order valence-electron chi connectivity index (χ2n) is 2.89. The number of ether oxygens (including phenoxy) is 1. The first-order valence-electron chi connectivity index (χ1n) is 4.26. The van der Waals surface area contributed by atoms with E-state index in [1.807, 2.05) is 0 Å². The third-order valence-electron chi connectivity index (χ3n) is 1.81. The number of aromatic nitrogens is 2. The summed E-state index contributed by atoms with van der Waals surface area (Å²) < 4.78 is 41.5. The predicted molar refractivity (Wildman–Crippen MR) is 52.9 cm³/mol. The number of hydrogen-bond acceptors (Lipinski definition) is 5. The summed E-state index contributed by atoms with van der Waals surface area (Å²) in [6, 6.07) is 0. The van der Waals surface area contributed by atoms with E-state index in [4.69, 9.17) is 5.73 Å². The fourth-order valence-corrected chi connectivity index (χ4v) is 1.07. The molecule has 0 saturated carbocycles. The van der Waals surface area contributed by atoms with Gasteiger partial charge in [0.1, 0.15) is 5.82 Å². The Bertz CT molecular complexity index is 471. The van der Waals surface area contributed by atoms with E-state index in [2.05, 4.69) is 21.3 Å². The van der Waals surface area contributed by atoms with Gasteiger partial charge in [-0.2, -0.15) is 13.2 Å². The Hall–Kier alpha value is -2.12. The van der Waals surface area contributed by atoms with Crippen molar-refractivity contribution in [3.63, 3.8) is 0 Å². The van der Waals surface area contributed by atoms with E-state index < -0.39 is 29.5 Å². The number of esters is 1. The second-order valence-corrected chi connectivity index (χ2v) is 2.89. The van der Waals surface area contributed by atoms with E-state index in [-0.39, 0.29) is 5.56 Å². The number of anilines is 1. The van der Waals surface area contributed by atoms with Crippen molar-refractivity contribution in [2.75, 3.05) is 12.8 Å². The first kappa shape index (κ1) is 12.9. The van der Waals surface area contributed by atoms with E-state index in [9.17, 15) is 18.0 Å². The molecule has 1 heterocycles. The fourth-order valence-electron chi connectivity index (χ4n) is 1.07. The second kappa shape index (κ2) is 4.40. The van der Waals surface area contributed by atoms with E-state index in [1.165, 1.54) is 0 Å². The summed E-state index contributed by atoms with van der Waals surface area (Å²) in [5.41, 5.74) is 4.63. The predicted octanol–water partition coefficient (Wildman–Crippen LogP) is 1.51. The van der Waals surface area contributed by atoms with Gasteiger partial charge in [-0.3, -0.25) is 0 Å². The number of nitrogen functional groups attached to an aromatic ring is 1. The van der Waals surface area contributed by atoms with Crippen LogP contribution in [0, 0.1) is 0 Å². The van der Waals surface area contributed by atoms with Crippen LogP contribution in [0.2, 0.25) is 0 Å². The number of alkyl halides is 3. The van der Waals surface area contributed by atoms with Crippen molar-refractivity contribution >= 4 is 17.9 Å². The van der Waals surface area contributed by atoms with E-state index in [0.29, 0.717) is 0 Å². The minimum absolute atomic E-state index is 0.0927. The molecular formula is C9H8F3N3O2. The molecule has 1 aromatic rings. The van der Waals surface area contributed by atoms with Crippen LogP contribution in [0.25, 0.3) is 6.08 Å². The van der Waals surface area contributed by atoms with Crippen molar-refractivity contribution in [3.8, 4) is 0 Å². The molecule has 0 aromatic carbocycles. The van der Waals surface area contributed by atoms with Gasteiger partial charge in [-0.15, -0.1) is 0 Å². The molecule has 0 unspecified atom stereocenters. The third-order valence-corrected chi connectivity index (χ3v) is 1.81. The number of hydrogen-bond donors (Lipinski definition) is 1. The van der Waals surface area contributed by atoms with Gasteiger partial charge in [-0.05, 0) is 0 Å². The molecule has 0 saturated heterocycles. The van der Waals surface area contributed by atoms with Gasteiger partial charge in [-0.25, -0.2) is 14.8 Å². The Balaban J connectivity index is 3.50. The molecule has 0 atom stereocenters. The first-order valence-corrected chi connectivity index (χ1v) is 4.26. The molecule has 0 amide bonds. The molecule has 0 aliphatic carbocycles. The average Bonchev–Trinajstić information content (AvgIpc) is 2.25. The smallest absolute Gasteiger partial charge is 0.451 e. The molecule has 0 aliphatic heterocycles. The number of carbonyl (C=O) groups excluding carboxylic acids is 1. The SMILES string of the molecule is C=Cc1c(N)nc(C(F)(F)F)nc1C(=O)OC. The molecule has 5 nitrogen and oxygen atoms in total. The Morgan fingerprint density at radius 3 is 2.47 bits per heavy atom. The van der Waals surface area contributed by atoms with Crippen molar-refractivity contribution < 1.29 is 22.7 Å². The maximum Gasteiger partial charge on any atom is 0.451 e. The Labute approximate surface area is 94.1 Å². The third kappa shape index (κ3) is 2.52. The van der Waals surface area contributed by atoms with Gasteiger partial charge in [0.05, 0.1) is 7.11 Å². The standard InChI is InChI=1S/C9H8F3N3O2/c1-3-4-5(7(16)17-2)14-8(9(10,11)12)15-6(4)13/h3H,1H2,2H3,(H2,13,14,15). The van der Waals surface area contributed by atoms with Crippen LogP contribution in [0.3, 0.4) is 0 Å². The summed E-state index contributed by atoms with van der Waals surface area (Å²) in [7, 11) is 1.01. The highest BCUT2D eigenvalue weighted by molar-refractivity contribution is 5.93. The van der Waals surface area contributed by atoms with Crippen LogP contribution in [-0.2, 0) is 10.9 Å². The maximum atomic E-state index is 12.4. The minimum Gasteiger partial charge on any atom is -0.464 e. The van der Waals surface area contributed by atoms with Crippen molar-refractivity contribution in [1.29, 1.82) is 0 Å². The van der Waals surface area contributed by atoms with Gasteiger partial charge in [0.25, 0.3) is 0 Å². The number of nitrogens with two attached hydrogens (primary N) is 1. The highest BCUT2D eigenvalue weighted by atomic mass is 19.4. The van der Waals surface area contributed by atoms with E-state index >= 15 is 0 Å². The van der Waals surface area contributed by atoms with Crippen LogP contribution in [-0.4, -0.2) is 23.0 Å². The van der Waals surface area contributed by atoms with Crippen LogP contribution in [0.5, 0.6) is 0 Å². The van der Waals surface area contributed by atoms with Gasteiger partial charge in [0.15, 0.2) is 5.69 Å². The molecule has 0 aliphatic rings. The Morgan fingerprint density at radius 1 is 1.47 bits per heavy atom. The Kier molecular flexibility index (Phi) is 3.35. The van der Waals surface area contributed by atoms with E-state index in [1.54, 1.807) is 0 Å². The molecule has 0 fully saturated rings. The normalized spacial score (nSPS) is 11.1. The summed E-state index contributed by atoms with van der Waals surface area (Å²) >= 11 is 0. The number of methoxy groups -OCH3 is 1. The van der Waals surface area contributed by atoms with Crippen LogP contribution in [0.1, 0.15) is 21.9 Å². The monoisotopic (exact) mass is 247 g/mol. The van der Waals surface area contributed by atoms with Crippen LogP contribution in [0.4, 0.5) is 19.0 Å². The molecule has 1 aromatic heterocycles. The lowest BCUT2D eigenvalue weighted by molar-refractivity contribution is -0.144. The zero-order chi connectivity index (χ0) is 13.2. The number of rotatable bonds is 2. The van der Waals surface area contributed by atoms with Crippen molar-refractivity contribution in [2.24, 2.45) is 0 Å². The summed E-state index contributed by atoms with van der Waals surface area (Å²) in [4.78, 5) is 17.4. The number of carbonyl (C=O) groups is 1. The molecule has 0 radical (unpaired) electrons. The van der Waals surface area contributed by atoms with Crippen LogP contribution >= 0.6 is 0 Å². The maximum absolute atomic E-state index is 12.4. The molecule has 1 rings (SSSR count). The number of nitrogens with zero attached hydrogens (tertiary/aromatic N) is 2. The van der Waals surface area contributed by atoms with Gasteiger partial charge >= 0.3 is 12.1 Å². The summed E-state index contributed by atoms with van der Waals surface area (Å²) in [6.07, 6.45) is -3.71. The largest absolute Gasteiger partial charge is 0.464 e. The summed E-state index contributed by atoms with van der Waals surface area (Å²) in [5.74, 6) is -3.02. The molecule has 0 bridgehead atoms. The van der Waals surface area contributed by atoms with Gasteiger partial charge in [-0.1, -0.05) is 12.7 Å². The Morgan fingerprint density at radius 2 is 2.06 bits per heavy atom. The summed E-state index contributed by atoms with van der Waals surface area (Å²) in [6.45, 7) is 3.31. The topological polar surface area (TPSA) is 78.1 Å².